The first-order valence-corrected chi connectivity index (χ1v) is 6.61. The Morgan fingerprint density at radius 2 is 1.93 bits per heavy atom. The average Bonchev–Trinajstić information content (AvgIpc) is 2.15. The number of nitrogens with two attached hydrogens (primary N) is 1. The molecule has 0 saturated heterocycles. The monoisotopic (exact) mass is 210 g/mol. The van der Waals surface area contributed by atoms with Gasteiger partial charge in [0.15, 0.2) is 0 Å². The van der Waals surface area contributed by atoms with Crippen molar-refractivity contribution in [3.05, 3.63) is 0 Å². The predicted octanol–water partition coefficient (Wildman–Crippen LogP) is 2.23. The Balaban J connectivity index is 1.72. The molecule has 0 spiro atoms. The Labute approximate surface area is 94.2 Å². The highest BCUT2D eigenvalue weighted by molar-refractivity contribution is 4.86. The van der Waals surface area contributed by atoms with Crippen LogP contribution < -0.4 is 5.73 Å². The zero-order chi connectivity index (χ0) is 10.8. The summed E-state index contributed by atoms with van der Waals surface area (Å²) in [7, 11) is 2.31. The van der Waals surface area contributed by atoms with Gasteiger partial charge < -0.3 is 10.6 Å². The molecule has 0 aromatic carbocycles. The van der Waals surface area contributed by atoms with Gasteiger partial charge in [0.05, 0.1) is 0 Å². The molecule has 0 radical (unpaired) electrons. The van der Waals surface area contributed by atoms with Gasteiger partial charge in [0, 0.05) is 18.6 Å². The summed E-state index contributed by atoms with van der Waals surface area (Å²) in [5, 5.41) is 0. The molecule has 0 aliphatic heterocycles. The summed E-state index contributed by atoms with van der Waals surface area (Å²) in [4.78, 5) is 2.60. The quantitative estimate of drug-likeness (QED) is 0.774. The molecule has 2 N–H and O–H groups in total. The summed E-state index contributed by atoms with van der Waals surface area (Å²) in [6.07, 6.45) is 8.22. The molecule has 2 aliphatic carbocycles. The van der Waals surface area contributed by atoms with E-state index in [1.165, 1.54) is 45.1 Å². The first-order valence-electron chi connectivity index (χ1n) is 6.61. The number of hydrogen-bond donors (Lipinski definition) is 1. The fraction of sp³-hybridized carbons (Fsp3) is 1.00. The summed E-state index contributed by atoms with van der Waals surface area (Å²) >= 11 is 0. The van der Waals surface area contributed by atoms with Crippen LogP contribution >= 0.6 is 0 Å². The van der Waals surface area contributed by atoms with Crippen LogP contribution in [0.4, 0.5) is 0 Å². The van der Waals surface area contributed by atoms with E-state index in [4.69, 9.17) is 5.73 Å². The van der Waals surface area contributed by atoms with Gasteiger partial charge in [-0.15, -0.1) is 0 Å². The van der Waals surface area contributed by atoms with E-state index in [1.807, 2.05) is 0 Å². The van der Waals surface area contributed by atoms with Crippen molar-refractivity contribution in [2.75, 3.05) is 13.6 Å². The molecule has 88 valence electrons. The van der Waals surface area contributed by atoms with E-state index in [0.717, 1.165) is 17.9 Å². The van der Waals surface area contributed by atoms with Crippen LogP contribution in [0.15, 0.2) is 0 Å². The second-order valence-electron chi connectivity index (χ2n) is 5.96. The van der Waals surface area contributed by atoms with Crippen molar-refractivity contribution >= 4 is 0 Å². The Hall–Kier alpha value is -0.0800. The summed E-state index contributed by atoms with van der Waals surface area (Å²) in [6, 6.07) is 1.36. The van der Waals surface area contributed by atoms with Crippen LogP contribution in [-0.2, 0) is 0 Å². The smallest absolute Gasteiger partial charge is 0.00948 e. The van der Waals surface area contributed by atoms with E-state index >= 15 is 0 Å². The molecule has 2 fully saturated rings. The molecule has 0 aromatic heterocycles. The van der Waals surface area contributed by atoms with Crippen molar-refractivity contribution in [2.45, 2.75) is 57.5 Å². The van der Waals surface area contributed by atoms with Gasteiger partial charge in [-0.2, -0.15) is 0 Å². The van der Waals surface area contributed by atoms with Crippen LogP contribution in [0.25, 0.3) is 0 Å². The second kappa shape index (κ2) is 4.84. The van der Waals surface area contributed by atoms with Crippen LogP contribution in [0.5, 0.6) is 0 Å². The molecule has 0 aromatic rings. The Morgan fingerprint density at radius 1 is 1.20 bits per heavy atom. The molecule has 2 saturated carbocycles. The molecule has 15 heavy (non-hydrogen) atoms. The lowest BCUT2D eigenvalue weighted by Crippen LogP contribution is -2.45. The highest BCUT2D eigenvalue weighted by Crippen LogP contribution is 2.30. The van der Waals surface area contributed by atoms with Crippen LogP contribution in [0.3, 0.4) is 0 Å². The van der Waals surface area contributed by atoms with Crippen molar-refractivity contribution in [1.82, 2.24) is 4.90 Å². The van der Waals surface area contributed by atoms with Crippen molar-refractivity contribution < 1.29 is 0 Å². The molecule has 0 amide bonds. The zero-order valence-corrected chi connectivity index (χ0v) is 10.3. The summed E-state index contributed by atoms with van der Waals surface area (Å²) < 4.78 is 0. The lowest BCUT2D eigenvalue weighted by atomic mass is 9.79. The minimum Gasteiger partial charge on any atom is -0.328 e. The van der Waals surface area contributed by atoms with Crippen LogP contribution in [0.2, 0.25) is 0 Å². The van der Waals surface area contributed by atoms with E-state index in [1.54, 1.807) is 0 Å². The fourth-order valence-electron chi connectivity index (χ4n) is 3.30. The molecular weight excluding hydrogens is 184 g/mol. The van der Waals surface area contributed by atoms with E-state index in [0.29, 0.717) is 6.04 Å². The first kappa shape index (κ1) is 11.4. The second-order valence-corrected chi connectivity index (χ2v) is 5.96. The van der Waals surface area contributed by atoms with Crippen molar-refractivity contribution in [2.24, 2.45) is 17.6 Å². The van der Waals surface area contributed by atoms with Gasteiger partial charge in [0.2, 0.25) is 0 Å². The fourth-order valence-corrected chi connectivity index (χ4v) is 3.30. The van der Waals surface area contributed by atoms with Crippen molar-refractivity contribution in [3.8, 4) is 0 Å². The van der Waals surface area contributed by atoms with Gasteiger partial charge in [0.25, 0.3) is 0 Å². The SMILES string of the molecule is CC1CCCC(N(C)CC2CC(N)C2)C1. The molecule has 2 nitrogen and oxygen atoms in total. The zero-order valence-electron chi connectivity index (χ0n) is 10.3. The van der Waals surface area contributed by atoms with Crippen LogP contribution in [0, 0.1) is 11.8 Å². The number of rotatable bonds is 3. The third-order valence-electron chi connectivity index (χ3n) is 4.35. The van der Waals surface area contributed by atoms with Crippen LogP contribution in [0.1, 0.15) is 45.4 Å². The molecule has 0 bridgehead atoms. The Kier molecular flexibility index (Phi) is 3.68. The largest absolute Gasteiger partial charge is 0.328 e. The maximum absolute atomic E-state index is 5.83. The topological polar surface area (TPSA) is 29.3 Å². The van der Waals surface area contributed by atoms with Crippen LogP contribution in [-0.4, -0.2) is 30.6 Å². The Morgan fingerprint density at radius 3 is 2.53 bits per heavy atom. The molecule has 2 unspecified atom stereocenters. The van der Waals surface area contributed by atoms with E-state index < -0.39 is 0 Å². The van der Waals surface area contributed by atoms with Gasteiger partial charge in [-0.1, -0.05) is 19.8 Å². The number of hydrogen-bond acceptors (Lipinski definition) is 2. The summed E-state index contributed by atoms with van der Waals surface area (Å²) in [5.41, 5.74) is 5.83. The van der Waals surface area contributed by atoms with Gasteiger partial charge in [-0.05, 0) is 44.6 Å². The summed E-state index contributed by atoms with van der Waals surface area (Å²) in [6.45, 7) is 3.68. The normalized spacial score (nSPS) is 41.6. The third-order valence-corrected chi connectivity index (χ3v) is 4.35. The van der Waals surface area contributed by atoms with E-state index in [2.05, 4.69) is 18.9 Å². The standard InChI is InChI=1S/C13H26N2/c1-10-4-3-5-13(6-10)15(2)9-11-7-12(14)8-11/h10-13H,3-9,14H2,1-2H3. The van der Waals surface area contributed by atoms with Gasteiger partial charge >= 0.3 is 0 Å². The summed E-state index contributed by atoms with van der Waals surface area (Å²) in [5.74, 6) is 1.83. The number of nitrogens with zero attached hydrogens (tertiary/aromatic N) is 1. The van der Waals surface area contributed by atoms with Crippen molar-refractivity contribution in [3.63, 3.8) is 0 Å². The van der Waals surface area contributed by atoms with E-state index in [-0.39, 0.29) is 0 Å². The maximum Gasteiger partial charge on any atom is 0.00948 e. The molecule has 2 rings (SSSR count). The molecule has 2 heteroatoms. The van der Waals surface area contributed by atoms with E-state index in [9.17, 15) is 0 Å². The Bertz CT molecular complexity index is 199. The molecule has 2 aliphatic rings. The molecule has 2 atom stereocenters. The highest BCUT2D eigenvalue weighted by atomic mass is 15.1. The van der Waals surface area contributed by atoms with Crippen molar-refractivity contribution in [1.29, 1.82) is 0 Å². The third kappa shape index (κ3) is 2.94. The molecule has 0 heterocycles. The molecular formula is C13H26N2. The average molecular weight is 210 g/mol. The van der Waals surface area contributed by atoms with Gasteiger partial charge in [0.1, 0.15) is 0 Å². The lowest BCUT2D eigenvalue weighted by Gasteiger charge is -2.40. The highest BCUT2D eigenvalue weighted by Gasteiger charge is 2.29. The predicted molar refractivity (Wildman–Crippen MR) is 64.7 cm³/mol. The minimum absolute atomic E-state index is 0.508. The maximum atomic E-state index is 5.83. The van der Waals surface area contributed by atoms with Gasteiger partial charge in [-0.3, -0.25) is 0 Å². The minimum atomic E-state index is 0.508. The first-order chi connectivity index (χ1) is 7.15. The van der Waals surface area contributed by atoms with Gasteiger partial charge in [-0.25, -0.2) is 0 Å². The lowest BCUT2D eigenvalue weighted by molar-refractivity contribution is 0.111.